The molecule has 0 bridgehead atoms. The van der Waals surface area contributed by atoms with E-state index in [2.05, 4.69) is 15.5 Å². The number of aromatic nitrogens is 1. The van der Waals surface area contributed by atoms with Gasteiger partial charge in [0.1, 0.15) is 0 Å². The van der Waals surface area contributed by atoms with Gasteiger partial charge in [0.15, 0.2) is 0 Å². The number of nitrogens with two attached hydrogens (primary N) is 1. The van der Waals surface area contributed by atoms with Crippen molar-refractivity contribution in [2.75, 3.05) is 0 Å². The largest absolute Gasteiger partial charge is 0.350 e. The van der Waals surface area contributed by atoms with Crippen molar-refractivity contribution >= 4 is 11.7 Å². The molecule has 84 valence electrons. The smallest absolute Gasteiger partial charge is 0.332 e. The molecule has 1 atom stereocenters. The first-order valence-corrected chi connectivity index (χ1v) is 5.30. The van der Waals surface area contributed by atoms with Crippen LogP contribution in [0.2, 0.25) is 0 Å². The number of rotatable bonds is 2. The summed E-state index contributed by atoms with van der Waals surface area (Å²) < 4.78 is 0. The molecule has 2 rings (SSSR count). The third-order valence-corrected chi connectivity index (χ3v) is 2.68. The van der Waals surface area contributed by atoms with Gasteiger partial charge in [0.2, 0.25) is 0 Å². The van der Waals surface area contributed by atoms with Crippen LogP contribution in [0.3, 0.4) is 0 Å². The van der Waals surface area contributed by atoms with Crippen molar-refractivity contribution in [2.45, 2.75) is 25.2 Å². The fourth-order valence-corrected chi connectivity index (χ4v) is 1.99. The summed E-state index contributed by atoms with van der Waals surface area (Å²) in [6.45, 7) is 0. The fourth-order valence-electron chi connectivity index (χ4n) is 1.99. The van der Waals surface area contributed by atoms with Crippen LogP contribution in [-0.4, -0.2) is 16.7 Å². The van der Waals surface area contributed by atoms with Crippen molar-refractivity contribution in [3.05, 3.63) is 30.1 Å². The lowest BCUT2D eigenvalue weighted by Crippen LogP contribution is -2.26. The number of carbonyl (C=O) groups excluding carboxylic acids is 1. The Morgan fingerprint density at radius 2 is 2.44 bits per heavy atom. The average Bonchev–Trinajstić information content (AvgIpc) is 2.75. The highest BCUT2D eigenvalue weighted by Gasteiger charge is 2.25. The number of hydrogen-bond donors (Lipinski definition) is 2. The van der Waals surface area contributed by atoms with Crippen molar-refractivity contribution in [1.82, 2.24) is 10.4 Å². The van der Waals surface area contributed by atoms with Gasteiger partial charge in [-0.1, -0.05) is 6.07 Å². The lowest BCUT2D eigenvalue weighted by Gasteiger charge is -2.09. The maximum atomic E-state index is 10.6. The first kappa shape index (κ1) is 10.6. The second-order valence-electron chi connectivity index (χ2n) is 3.78. The minimum Gasteiger partial charge on any atom is -0.350 e. The molecule has 1 aliphatic rings. The van der Waals surface area contributed by atoms with E-state index >= 15 is 0 Å². The first-order valence-electron chi connectivity index (χ1n) is 5.30. The van der Waals surface area contributed by atoms with Crippen LogP contribution < -0.4 is 11.2 Å². The molecule has 1 aromatic heterocycles. The summed E-state index contributed by atoms with van der Waals surface area (Å²) >= 11 is 0. The minimum absolute atomic E-state index is 0.216. The predicted octanol–water partition coefficient (Wildman–Crippen LogP) is 1.37. The number of nitrogens with one attached hydrogen (secondary N) is 1. The Morgan fingerprint density at radius 3 is 3.12 bits per heavy atom. The molecule has 1 saturated carbocycles. The van der Waals surface area contributed by atoms with E-state index in [0.717, 1.165) is 30.7 Å². The van der Waals surface area contributed by atoms with Crippen molar-refractivity contribution in [1.29, 1.82) is 0 Å². The van der Waals surface area contributed by atoms with Crippen LogP contribution in [-0.2, 0) is 0 Å². The quantitative estimate of drug-likeness (QED) is 0.735. The monoisotopic (exact) mass is 218 g/mol. The Hall–Kier alpha value is -1.91. The molecule has 16 heavy (non-hydrogen) atoms. The summed E-state index contributed by atoms with van der Waals surface area (Å²) in [5.41, 5.74) is 9.23. The van der Waals surface area contributed by atoms with Crippen LogP contribution in [0.1, 0.15) is 30.9 Å². The summed E-state index contributed by atoms with van der Waals surface area (Å²) in [7, 11) is 0. The number of hydrogen-bond acceptors (Lipinski definition) is 3. The maximum absolute atomic E-state index is 10.6. The number of nitrogens with zero attached hydrogens (tertiary/aromatic N) is 2. The number of primary amides is 1. The SMILES string of the molecule is NC(=O)N/N=C1\CCC[C@H]1c1ccccn1. The highest BCUT2D eigenvalue weighted by Crippen LogP contribution is 2.30. The summed E-state index contributed by atoms with van der Waals surface area (Å²) in [6.07, 6.45) is 4.76. The van der Waals surface area contributed by atoms with E-state index in [-0.39, 0.29) is 5.92 Å². The molecule has 0 saturated heterocycles. The number of carbonyl (C=O) groups is 1. The maximum Gasteiger partial charge on any atom is 0.332 e. The second-order valence-corrected chi connectivity index (χ2v) is 3.78. The van der Waals surface area contributed by atoms with E-state index in [4.69, 9.17) is 5.73 Å². The third-order valence-electron chi connectivity index (χ3n) is 2.68. The van der Waals surface area contributed by atoms with Gasteiger partial charge in [0.05, 0.1) is 0 Å². The molecule has 0 unspecified atom stereocenters. The van der Waals surface area contributed by atoms with Gasteiger partial charge in [0.25, 0.3) is 0 Å². The normalized spacial score (nSPS) is 22.2. The molecule has 5 heteroatoms. The van der Waals surface area contributed by atoms with Gasteiger partial charge in [0, 0.05) is 23.5 Å². The van der Waals surface area contributed by atoms with Crippen LogP contribution in [0, 0.1) is 0 Å². The molecule has 0 aromatic carbocycles. The lowest BCUT2D eigenvalue weighted by atomic mass is 10.0. The summed E-state index contributed by atoms with van der Waals surface area (Å²) in [6, 6.07) is 5.20. The van der Waals surface area contributed by atoms with Gasteiger partial charge in [-0.05, 0) is 31.4 Å². The van der Waals surface area contributed by atoms with Gasteiger partial charge in [-0.2, -0.15) is 5.10 Å². The lowest BCUT2D eigenvalue weighted by molar-refractivity contribution is 0.249. The van der Waals surface area contributed by atoms with E-state index in [1.165, 1.54) is 0 Å². The molecule has 5 nitrogen and oxygen atoms in total. The minimum atomic E-state index is -0.626. The summed E-state index contributed by atoms with van der Waals surface area (Å²) in [5.74, 6) is 0.216. The molecule has 1 aromatic rings. The van der Waals surface area contributed by atoms with Crippen LogP contribution in [0.4, 0.5) is 4.79 Å². The summed E-state index contributed by atoms with van der Waals surface area (Å²) in [5, 5.41) is 4.03. The molecule has 2 amide bonds. The Balaban J connectivity index is 2.15. The first-order chi connectivity index (χ1) is 7.77. The van der Waals surface area contributed by atoms with Crippen molar-refractivity contribution in [3.8, 4) is 0 Å². The highest BCUT2D eigenvalue weighted by molar-refractivity contribution is 5.93. The standard InChI is InChI=1S/C11H14N4O/c12-11(16)15-14-10-6-3-4-8(10)9-5-1-2-7-13-9/h1-2,5,7-8H,3-4,6H2,(H3,12,15,16)/b14-10+/t8-/m0/s1. The molecular formula is C11H14N4O. The van der Waals surface area contributed by atoms with E-state index in [1.54, 1.807) is 6.20 Å². The van der Waals surface area contributed by atoms with Gasteiger partial charge in [-0.15, -0.1) is 0 Å². The molecule has 1 heterocycles. The zero-order chi connectivity index (χ0) is 11.4. The second kappa shape index (κ2) is 4.74. The van der Waals surface area contributed by atoms with Gasteiger partial charge in [-0.3, -0.25) is 4.98 Å². The zero-order valence-corrected chi connectivity index (χ0v) is 8.89. The van der Waals surface area contributed by atoms with Crippen LogP contribution in [0.15, 0.2) is 29.5 Å². The number of amides is 2. The van der Waals surface area contributed by atoms with Gasteiger partial charge in [-0.25, -0.2) is 10.2 Å². The Kier molecular flexibility index (Phi) is 3.14. The van der Waals surface area contributed by atoms with E-state index in [0.29, 0.717) is 0 Å². The van der Waals surface area contributed by atoms with Crippen molar-refractivity contribution in [2.24, 2.45) is 10.8 Å². The Bertz CT molecular complexity index is 402. The zero-order valence-electron chi connectivity index (χ0n) is 8.89. The van der Waals surface area contributed by atoms with Gasteiger partial charge >= 0.3 is 6.03 Å². The molecule has 1 aliphatic carbocycles. The molecule has 0 spiro atoms. The number of urea groups is 1. The topological polar surface area (TPSA) is 80.4 Å². The molecular weight excluding hydrogens is 204 g/mol. The molecule has 3 N–H and O–H groups in total. The molecule has 1 fully saturated rings. The number of hydrazone groups is 1. The Morgan fingerprint density at radius 1 is 1.56 bits per heavy atom. The Labute approximate surface area is 93.8 Å². The molecule has 0 aliphatic heterocycles. The van der Waals surface area contributed by atoms with E-state index < -0.39 is 6.03 Å². The van der Waals surface area contributed by atoms with E-state index in [1.807, 2.05) is 18.2 Å². The van der Waals surface area contributed by atoms with Crippen LogP contribution in [0.5, 0.6) is 0 Å². The van der Waals surface area contributed by atoms with Gasteiger partial charge < -0.3 is 5.73 Å². The van der Waals surface area contributed by atoms with Crippen LogP contribution in [0.25, 0.3) is 0 Å². The van der Waals surface area contributed by atoms with Crippen LogP contribution >= 0.6 is 0 Å². The third kappa shape index (κ3) is 2.36. The van der Waals surface area contributed by atoms with Crippen molar-refractivity contribution in [3.63, 3.8) is 0 Å². The fraction of sp³-hybridized carbons (Fsp3) is 0.364. The number of pyridine rings is 1. The molecule has 0 radical (unpaired) electrons. The summed E-state index contributed by atoms with van der Waals surface area (Å²) in [4.78, 5) is 14.9. The average molecular weight is 218 g/mol. The van der Waals surface area contributed by atoms with E-state index in [9.17, 15) is 4.79 Å². The van der Waals surface area contributed by atoms with Crippen molar-refractivity contribution < 1.29 is 4.79 Å². The highest BCUT2D eigenvalue weighted by atomic mass is 16.2. The predicted molar refractivity (Wildman–Crippen MR) is 61.0 cm³/mol.